The van der Waals surface area contributed by atoms with Crippen molar-refractivity contribution in [1.82, 2.24) is 10.2 Å². The van der Waals surface area contributed by atoms with Crippen LogP contribution >= 0.6 is 22.9 Å². The number of nitrogens with one attached hydrogen (secondary N) is 2. The number of allylic oxidation sites excluding steroid dienone is 1. The maximum atomic E-state index is 14.1. The SMILES string of the molecule is Cc1csc(-c2cc(F)ccc2C(=O)Nc2ccc(C(=O)C3CC=CC4=CNC=C5COCCN5C43)c(Cl)c2)c1. The number of Topliss-reactive ketones (excluding diaryl/α,β-unsaturated/α-hetero) is 1. The van der Waals surface area contributed by atoms with Crippen LogP contribution < -0.4 is 10.6 Å². The van der Waals surface area contributed by atoms with Gasteiger partial charge < -0.3 is 20.3 Å². The molecule has 2 unspecified atom stereocenters. The third-order valence-corrected chi connectivity index (χ3v) is 8.80. The molecule has 3 aromatic rings. The van der Waals surface area contributed by atoms with Crippen LogP contribution in [0.5, 0.6) is 0 Å². The van der Waals surface area contributed by atoms with Gasteiger partial charge in [0.2, 0.25) is 0 Å². The van der Waals surface area contributed by atoms with Crippen LogP contribution in [0.15, 0.2) is 83.7 Å². The van der Waals surface area contributed by atoms with Crippen LogP contribution in [0.1, 0.15) is 32.7 Å². The Morgan fingerprint density at radius 1 is 1.15 bits per heavy atom. The molecule has 3 aliphatic rings. The molecule has 6 nitrogen and oxygen atoms in total. The van der Waals surface area contributed by atoms with Gasteiger partial charge in [0, 0.05) is 46.2 Å². The number of hydrogen-bond donors (Lipinski definition) is 2. The lowest BCUT2D eigenvalue weighted by Gasteiger charge is -2.42. The number of ketones is 1. The molecular weight excluding hydrogens is 549 g/mol. The highest BCUT2D eigenvalue weighted by atomic mass is 35.5. The van der Waals surface area contributed by atoms with Crippen molar-refractivity contribution in [3.63, 3.8) is 0 Å². The lowest BCUT2D eigenvalue weighted by molar-refractivity contribution is 0.0455. The van der Waals surface area contributed by atoms with Gasteiger partial charge in [-0.2, -0.15) is 0 Å². The minimum absolute atomic E-state index is 0.0512. The number of aryl methyl sites for hydroxylation is 1. The number of carbonyl (C=O) groups excluding carboxylic acids is 2. The van der Waals surface area contributed by atoms with Crippen molar-refractivity contribution in [1.29, 1.82) is 0 Å². The van der Waals surface area contributed by atoms with E-state index in [1.165, 1.54) is 29.5 Å². The summed E-state index contributed by atoms with van der Waals surface area (Å²) in [7, 11) is 0. The average Bonchev–Trinajstić information content (AvgIpc) is 3.29. The Hall–Kier alpha value is -3.72. The van der Waals surface area contributed by atoms with E-state index in [2.05, 4.69) is 21.6 Å². The summed E-state index contributed by atoms with van der Waals surface area (Å²) in [5.41, 5.74) is 4.82. The maximum Gasteiger partial charge on any atom is 0.256 e. The molecule has 1 amide bonds. The van der Waals surface area contributed by atoms with Gasteiger partial charge in [-0.05, 0) is 72.3 Å². The summed E-state index contributed by atoms with van der Waals surface area (Å²) in [6.07, 6.45) is 8.55. The van der Waals surface area contributed by atoms with E-state index < -0.39 is 5.82 Å². The molecule has 0 radical (unpaired) electrons. The molecule has 6 rings (SSSR count). The van der Waals surface area contributed by atoms with Crippen molar-refractivity contribution < 1.29 is 18.7 Å². The summed E-state index contributed by atoms with van der Waals surface area (Å²) in [4.78, 5) is 30.2. The summed E-state index contributed by atoms with van der Waals surface area (Å²) in [5, 5.41) is 8.30. The van der Waals surface area contributed by atoms with E-state index in [1.54, 1.807) is 18.2 Å². The largest absolute Gasteiger partial charge is 0.373 e. The fourth-order valence-electron chi connectivity index (χ4n) is 5.52. The number of morpholine rings is 1. The second kappa shape index (κ2) is 11.0. The number of fused-ring (bicyclic) bond motifs is 3. The first-order chi connectivity index (χ1) is 19.4. The van der Waals surface area contributed by atoms with E-state index in [-0.39, 0.29) is 28.7 Å². The number of amides is 1. The van der Waals surface area contributed by atoms with Gasteiger partial charge in [0.05, 0.1) is 35.9 Å². The van der Waals surface area contributed by atoms with Crippen LogP contribution in [0, 0.1) is 18.7 Å². The van der Waals surface area contributed by atoms with E-state index in [9.17, 15) is 14.0 Å². The summed E-state index contributed by atoms with van der Waals surface area (Å²) >= 11 is 8.11. The Morgan fingerprint density at radius 3 is 2.80 bits per heavy atom. The fraction of sp³-hybridized carbons (Fsp3) is 0.226. The van der Waals surface area contributed by atoms with Gasteiger partial charge in [-0.25, -0.2) is 4.39 Å². The standard InChI is InChI=1S/C31H27ClFN3O3S/c1-18-11-28(40-17-18)26-12-20(33)5-7-23(26)31(38)35-21-6-8-24(27(32)13-21)30(37)25-4-2-3-19-14-34-15-22-16-39-10-9-36(22)29(19)25/h2-3,5-8,11-15,17,25,29,34H,4,9-10,16H2,1H3,(H,35,38). The molecule has 9 heteroatoms. The van der Waals surface area contributed by atoms with E-state index in [1.807, 2.05) is 36.8 Å². The molecule has 1 saturated heterocycles. The van der Waals surface area contributed by atoms with Gasteiger partial charge in [0.1, 0.15) is 5.82 Å². The lowest BCUT2D eigenvalue weighted by atomic mass is 9.79. The molecule has 0 spiro atoms. The number of halogens is 2. The van der Waals surface area contributed by atoms with Crippen LogP contribution in [0.25, 0.3) is 10.4 Å². The first-order valence-electron chi connectivity index (χ1n) is 13.1. The Bertz CT molecular complexity index is 1590. The highest BCUT2D eigenvalue weighted by Crippen LogP contribution is 2.37. The van der Waals surface area contributed by atoms with Gasteiger partial charge in [-0.3, -0.25) is 9.59 Å². The number of nitrogens with zero attached hydrogens (tertiary/aromatic N) is 1. The molecule has 1 fully saturated rings. The highest BCUT2D eigenvalue weighted by molar-refractivity contribution is 7.13. The summed E-state index contributed by atoms with van der Waals surface area (Å²) in [5.74, 6) is -1.18. The second-order valence-corrected chi connectivity index (χ2v) is 11.4. The van der Waals surface area contributed by atoms with E-state index >= 15 is 0 Å². The number of benzene rings is 2. The molecule has 2 atom stereocenters. The van der Waals surface area contributed by atoms with Crippen LogP contribution in [0.4, 0.5) is 10.1 Å². The summed E-state index contributed by atoms with van der Waals surface area (Å²) in [6.45, 7) is 3.74. The van der Waals surface area contributed by atoms with Gasteiger partial charge in [0.25, 0.3) is 5.91 Å². The Kier molecular flexibility index (Phi) is 7.31. The van der Waals surface area contributed by atoms with Gasteiger partial charge in [0.15, 0.2) is 5.78 Å². The first-order valence-corrected chi connectivity index (χ1v) is 14.3. The number of ether oxygens (including phenoxy) is 1. The molecule has 2 N–H and O–H groups in total. The number of hydrogen-bond acceptors (Lipinski definition) is 6. The van der Waals surface area contributed by atoms with Crippen molar-refractivity contribution >= 4 is 40.3 Å². The molecule has 40 heavy (non-hydrogen) atoms. The number of thiophene rings is 1. The predicted molar refractivity (Wildman–Crippen MR) is 156 cm³/mol. The quantitative estimate of drug-likeness (QED) is 0.337. The van der Waals surface area contributed by atoms with Crippen LogP contribution in [-0.4, -0.2) is 42.4 Å². The molecule has 1 aliphatic carbocycles. The lowest BCUT2D eigenvalue weighted by Crippen LogP contribution is -2.48. The molecule has 2 aliphatic heterocycles. The van der Waals surface area contributed by atoms with Gasteiger partial charge >= 0.3 is 0 Å². The van der Waals surface area contributed by atoms with Crippen molar-refractivity contribution in [2.24, 2.45) is 5.92 Å². The maximum absolute atomic E-state index is 14.1. The van der Waals surface area contributed by atoms with Crippen molar-refractivity contribution in [3.8, 4) is 10.4 Å². The molecule has 204 valence electrons. The molecule has 1 aromatic heterocycles. The van der Waals surface area contributed by atoms with Crippen LogP contribution in [-0.2, 0) is 4.74 Å². The summed E-state index contributed by atoms with van der Waals surface area (Å²) in [6, 6.07) is 10.9. The van der Waals surface area contributed by atoms with E-state index in [0.717, 1.165) is 21.7 Å². The average molecular weight is 576 g/mol. The monoisotopic (exact) mass is 575 g/mol. The van der Waals surface area contributed by atoms with Crippen molar-refractivity contribution in [2.45, 2.75) is 19.4 Å². The van der Waals surface area contributed by atoms with E-state index in [4.69, 9.17) is 16.3 Å². The zero-order valence-corrected chi connectivity index (χ0v) is 23.3. The van der Waals surface area contributed by atoms with Gasteiger partial charge in [-0.1, -0.05) is 23.8 Å². The minimum Gasteiger partial charge on any atom is -0.373 e. The second-order valence-electron chi connectivity index (χ2n) is 10.1. The Morgan fingerprint density at radius 2 is 2.00 bits per heavy atom. The third-order valence-electron chi connectivity index (χ3n) is 7.41. The highest BCUT2D eigenvalue weighted by Gasteiger charge is 2.39. The number of carbonyl (C=O) groups is 2. The predicted octanol–water partition coefficient (Wildman–Crippen LogP) is 6.56. The van der Waals surface area contributed by atoms with Crippen molar-refractivity contribution in [2.75, 3.05) is 25.1 Å². The molecule has 3 heterocycles. The molecule has 2 aromatic carbocycles. The molecular formula is C31H27ClFN3O3S. The molecule has 0 bridgehead atoms. The summed E-state index contributed by atoms with van der Waals surface area (Å²) < 4.78 is 19.7. The Labute approximate surface area is 240 Å². The Balaban J connectivity index is 1.24. The first kappa shape index (κ1) is 26.5. The van der Waals surface area contributed by atoms with Crippen molar-refractivity contribution in [3.05, 3.63) is 111 Å². The zero-order chi connectivity index (χ0) is 27.8. The number of rotatable bonds is 5. The third kappa shape index (κ3) is 5.10. The topological polar surface area (TPSA) is 70.7 Å². The number of anilines is 1. The van der Waals surface area contributed by atoms with Crippen LogP contribution in [0.2, 0.25) is 5.02 Å². The minimum atomic E-state index is -0.414. The zero-order valence-electron chi connectivity index (χ0n) is 21.7. The normalized spacial score (nSPS) is 19.9. The van der Waals surface area contributed by atoms with Crippen LogP contribution in [0.3, 0.4) is 0 Å². The van der Waals surface area contributed by atoms with E-state index in [0.29, 0.717) is 48.6 Å². The molecule has 0 saturated carbocycles. The fourth-order valence-corrected chi connectivity index (χ4v) is 6.72. The van der Waals surface area contributed by atoms with Gasteiger partial charge in [-0.15, -0.1) is 11.3 Å². The smallest absolute Gasteiger partial charge is 0.256 e.